The summed E-state index contributed by atoms with van der Waals surface area (Å²) in [7, 11) is 0. The standard InChI is InChI=1S/C12H19N3O3/c16-10-12(4-2-5-13-8-12)14-11(17)15(10)7-9-3-1-6-18-9/h9,13H,1-8H2,(H,14,17). The number of hydrogen-bond donors (Lipinski definition) is 2. The minimum absolute atomic E-state index is 0.0198. The Labute approximate surface area is 106 Å². The van der Waals surface area contributed by atoms with Crippen molar-refractivity contribution >= 4 is 11.9 Å². The van der Waals surface area contributed by atoms with Crippen LogP contribution in [0.15, 0.2) is 0 Å². The molecular weight excluding hydrogens is 234 g/mol. The highest BCUT2D eigenvalue weighted by Crippen LogP contribution is 2.26. The second kappa shape index (κ2) is 4.51. The molecule has 2 unspecified atom stereocenters. The first-order valence-corrected chi connectivity index (χ1v) is 6.68. The van der Waals surface area contributed by atoms with Gasteiger partial charge in [0.2, 0.25) is 0 Å². The number of nitrogens with zero attached hydrogens (tertiary/aromatic N) is 1. The molecule has 3 aliphatic heterocycles. The normalized spacial score (nSPS) is 36.4. The predicted octanol–water partition coefficient (Wildman–Crippen LogP) is -0.161. The minimum atomic E-state index is -0.700. The molecule has 2 atom stereocenters. The average molecular weight is 253 g/mol. The highest BCUT2D eigenvalue weighted by molar-refractivity contribution is 6.07. The Morgan fingerprint density at radius 1 is 1.39 bits per heavy atom. The molecule has 0 radical (unpaired) electrons. The van der Waals surface area contributed by atoms with Crippen molar-refractivity contribution in [3.8, 4) is 0 Å². The van der Waals surface area contributed by atoms with Gasteiger partial charge in [-0.05, 0) is 32.2 Å². The molecule has 3 fully saturated rings. The molecule has 6 nitrogen and oxygen atoms in total. The van der Waals surface area contributed by atoms with Crippen LogP contribution >= 0.6 is 0 Å². The van der Waals surface area contributed by atoms with Crippen LogP contribution in [0.4, 0.5) is 4.79 Å². The molecule has 6 heteroatoms. The molecule has 3 rings (SSSR count). The van der Waals surface area contributed by atoms with E-state index < -0.39 is 5.54 Å². The Bertz CT molecular complexity index is 360. The van der Waals surface area contributed by atoms with Crippen LogP contribution < -0.4 is 10.6 Å². The van der Waals surface area contributed by atoms with Gasteiger partial charge in [0.15, 0.2) is 0 Å². The molecule has 18 heavy (non-hydrogen) atoms. The smallest absolute Gasteiger partial charge is 0.325 e. The number of carbonyl (C=O) groups excluding carboxylic acids is 2. The van der Waals surface area contributed by atoms with Crippen LogP contribution in [0.25, 0.3) is 0 Å². The molecule has 0 aliphatic carbocycles. The lowest BCUT2D eigenvalue weighted by Crippen LogP contribution is -2.57. The molecule has 0 aromatic carbocycles. The fourth-order valence-corrected chi connectivity index (χ4v) is 3.03. The molecule has 3 saturated heterocycles. The van der Waals surface area contributed by atoms with Gasteiger partial charge in [0.1, 0.15) is 5.54 Å². The molecule has 3 heterocycles. The Morgan fingerprint density at radius 3 is 2.94 bits per heavy atom. The van der Waals surface area contributed by atoms with Gasteiger partial charge in [0.25, 0.3) is 5.91 Å². The molecule has 0 aromatic rings. The number of imide groups is 1. The number of amides is 3. The number of ether oxygens (including phenoxy) is 1. The molecule has 0 bridgehead atoms. The summed E-state index contributed by atoms with van der Waals surface area (Å²) in [4.78, 5) is 25.7. The van der Waals surface area contributed by atoms with Gasteiger partial charge in [0.05, 0.1) is 12.6 Å². The van der Waals surface area contributed by atoms with Crippen molar-refractivity contribution in [3.05, 3.63) is 0 Å². The van der Waals surface area contributed by atoms with Crippen LogP contribution in [-0.4, -0.2) is 54.7 Å². The average Bonchev–Trinajstić information content (AvgIpc) is 2.95. The maximum Gasteiger partial charge on any atom is 0.325 e. The second-order valence-corrected chi connectivity index (χ2v) is 5.34. The Hall–Kier alpha value is -1.14. The van der Waals surface area contributed by atoms with Crippen molar-refractivity contribution in [2.45, 2.75) is 37.3 Å². The van der Waals surface area contributed by atoms with Crippen molar-refractivity contribution in [1.29, 1.82) is 0 Å². The molecule has 1 spiro atoms. The molecule has 0 saturated carbocycles. The van der Waals surface area contributed by atoms with Crippen LogP contribution in [0.5, 0.6) is 0 Å². The van der Waals surface area contributed by atoms with Crippen LogP contribution in [0, 0.1) is 0 Å². The molecule has 3 amide bonds. The van der Waals surface area contributed by atoms with Crippen LogP contribution in [0.1, 0.15) is 25.7 Å². The Balaban J connectivity index is 1.71. The zero-order valence-corrected chi connectivity index (χ0v) is 10.4. The lowest BCUT2D eigenvalue weighted by molar-refractivity contribution is -0.132. The summed E-state index contributed by atoms with van der Waals surface area (Å²) >= 11 is 0. The van der Waals surface area contributed by atoms with Crippen LogP contribution in [0.2, 0.25) is 0 Å². The number of nitrogens with one attached hydrogen (secondary N) is 2. The van der Waals surface area contributed by atoms with E-state index in [1.165, 1.54) is 4.90 Å². The van der Waals surface area contributed by atoms with Gasteiger partial charge in [0, 0.05) is 13.2 Å². The van der Waals surface area contributed by atoms with Gasteiger partial charge in [-0.1, -0.05) is 0 Å². The van der Waals surface area contributed by atoms with Crippen molar-refractivity contribution in [2.24, 2.45) is 0 Å². The number of urea groups is 1. The third-order valence-electron chi connectivity index (χ3n) is 4.04. The summed E-state index contributed by atoms with van der Waals surface area (Å²) in [6.07, 6.45) is 3.61. The van der Waals surface area contributed by atoms with Crippen molar-refractivity contribution in [3.63, 3.8) is 0 Å². The van der Waals surface area contributed by atoms with E-state index in [1.54, 1.807) is 0 Å². The fraction of sp³-hybridized carbons (Fsp3) is 0.833. The van der Waals surface area contributed by atoms with E-state index in [4.69, 9.17) is 4.74 Å². The quantitative estimate of drug-likeness (QED) is 0.671. The predicted molar refractivity (Wildman–Crippen MR) is 64.1 cm³/mol. The van der Waals surface area contributed by atoms with Crippen molar-refractivity contribution in [2.75, 3.05) is 26.2 Å². The minimum Gasteiger partial charge on any atom is -0.376 e. The molecule has 2 N–H and O–H groups in total. The molecule has 0 aromatic heterocycles. The van der Waals surface area contributed by atoms with Gasteiger partial charge < -0.3 is 15.4 Å². The second-order valence-electron chi connectivity index (χ2n) is 5.34. The third kappa shape index (κ3) is 1.89. The summed E-state index contributed by atoms with van der Waals surface area (Å²) in [6.45, 7) is 2.59. The van der Waals surface area contributed by atoms with Gasteiger partial charge in [-0.3, -0.25) is 9.69 Å². The first-order chi connectivity index (χ1) is 8.71. The zero-order chi connectivity index (χ0) is 12.6. The first kappa shape index (κ1) is 11.9. The maximum absolute atomic E-state index is 12.4. The van der Waals surface area contributed by atoms with E-state index in [9.17, 15) is 9.59 Å². The lowest BCUT2D eigenvalue weighted by atomic mass is 9.90. The zero-order valence-electron chi connectivity index (χ0n) is 10.4. The van der Waals surface area contributed by atoms with E-state index in [1.807, 2.05) is 0 Å². The highest BCUT2D eigenvalue weighted by Gasteiger charge is 2.51. The lowest BCUT2D eigenvalue weighted by Gasteiger charge is -2.31. The van der Waals surface area contributed by atoms with Crippen LogP contribution in [-0.2, 0) is 9.53 Å². The van der Waals surface area contributed by atoms with Crippen molar-refractivity contribution < 1.29 is 14.3 Å². The van der Waals surface area contributed by atoms with Crippen LogP contribution in [0.3, 0.4) is 0 Å². The molecule has 100 valence electrons. The summed E-state index contributed by atoms with van der Waals surface area (Å²) in [5, 5.41) is 6.05. The number of hydrogen-bond acceptors (Lipinski definition) is 4. The third-order valence-corrected chi connectivity index (χ3v) is 4.04. The van der Waals surface area contributed by atoms with E-state index in [-0.39, 0.29) is 18.0 Å². The first-order valence-electron chi connectivity index (χ1n) is 6.68. The van der Waals surface area contributed by atoms with Gasteiger partial charge in [-0.25, -0.2) is 4.79 Å². The fourth-order valence-electron chi connectivity index (χ4n) is 3.03. The Morgan fingerprint density at radius 2 is 2.28 bits per heavy atom. The Kier molecular flexibility index (Phi) is 2.99. The van der Waals surface area contributed by atoms with E-state index in [0.717, 1.165) is 38.8 Å². The largest absolute Gasteiger partial charge is 0.376 e. The highest BCUT2D eigenvalue weighted by atomic mass is 16.5. The summed E-state index contributed by atoms with van der Waals surface area (Å²) < 4.78 is 5.50. The van der Waals surface area contributed by atoms with Gasteiger partial charge in [-0.2, -0.15) is 0 Å². The number of rotatable bonds is 2. The molecule has 3 aliphatic rings. The SMILES string of the molecule is O=C1NC2(CCCNC2)C(=O)N1CC1CCCO1. The van der Waals surface area contributed by atoms with E-state index in [2.05, 4.69) is 10.6 Å². The summed E-state index contributed by atoms with van der Waals surface area (Å²) in [5.74, 6) is -0.0878. The molecular formula is C12H19N3O3. The number of piperidine rings is 1. The summed E-state index contributed by atoms with van der Waals surface area (Å²) in [5.41, 5.74) is -0.700. The van der Waals surface area contributed by atoms with Gasteiger partial charge >= 0.3 is 6.03 Å². The van der Waals surface area contributed by atoms with E-state index >= 15 is 0 Å². The van der Waals surface area contributed by atoms with Crippen molar-refractivity contribution in [1.82, 2.24) is 15.5 Å². The van der Waals surface area contributed by atoms with E-state index in [0.29, 0.717) is 13.1 Å². The monoisotopic (exact) mass is 253 g/mol. The number of carbonyl (C=O) groups is 2. The summed E-state index contributed by atoms with van der Waals surface area (Å²) in [6, 6.07) is -0.265. The topological polar surface area (TPSA) is 70.7 Å². The maximum atomic E-state index is 12.4. The van der Waals surface area contributed by atoms with Gasteiger partial charge in [-0.15, -0.1) is 0 Å².